The van der Waals surface area contributed by atoms with E-state index in [4.69, 9.17) is 5.73 Å². The van der Waals surface area contributed by atoms with Crippen molar-refractivity contribution in [3.05, 3.63) is 59.7 Å². The van der Waals surface area contributed by atoms with Crippen molar-refractivity contribution in [3.8, 4) is 0 Å². The van der Waals surface area contributed by atoms with Gasteiger partial charge in [0.15, 0.2) is 0 Å². The average Bonchev–Trinajstić information content (AvgIpc) is 2.45. The first kappa shape index (κ1) is 14.9. The monoisotopic (exact) mass is 281 g/mol. The third-order valence-corrected chi connectivity index (χ3v) is 3.74. The van der Waals surface area contributed by atoms with Crippen molar-refractivity contribution < 1.29 is 13.2 Å². The smallest absolute Gasteiger partial charge is 0.330 e. The third kappa shape index (κ3) is 3.12. The second kappa shape index (κ2) is 5.83. The highest BCUT2D eigenvalue weighted by molar-refractivity contribution is 5.38. The van der Waals surface area contributed by atoms with Crippen LogP contribution in [0.3, 0.4) is 0 Å². The fourth-order valence-electron chi connectivity index (χ4n) is 2.63. The van der Waals surface area contributed by atoms with Crippen molar-refractivity contribution in [2.45, 2.75) is 30.9 Å². The Morgan fingerprint density at radius 2 is 2.00 bits per heavy atom. The van der Waals surface area contributed by atoms with Gasteiger partial charge in [-0.2, -0.15) is 13.2 Å². The molecule has 1 nitrogen and oxygen atoms in total. The minimum atomic E-state index is -4.31. The van der Waals surface area contributed by atoms with Crippen molar-refractivity contribution in [3.63, 3.8) is 0 Å². The highest BCUT2D eigenvalue weighted by Crippen LogP contribution is 2.39. The summed E-state index contributed by atoms with van der Waals surface area (Å²) in [4.78, 5) is 0. The summed E-state index contributed by atoms with van der Waals surface area (Å²) in [6.07, 6.45) is 5.77. The summed E-state index contributed by atoms with van der Waals surface area (Å²) in [5.74, 6) is 0. The zero-order valence-corrected chi connectivity index (χ0v) is 11.2. The fraction of sp³-hybridized carbons (Fsp3) is 0.375. The summed E-state index contributed by atoms with van der Waals surface area (Å²) in [5, 5.41) is 0. The van der Waals surface area contributed by atoms with Gasteiger partial charge in [-0.25, -0.2) is 0 Å². The Morgan fingerprint density at radius 3 is 2.60 bits per heavy atom. The van der Waals surface area contributed by atoms with Crippen LogP contribution >= 0.6 is 0 Å². The van der Waals surface area contributed by atoms with Crippen LogP contribution < -0.4 is 5.73 Å². The van der Waals surface area contributed by atoms with E-state index in [2.05, 4.69) is 0 Å². The molecule has 0 saturated carbocycles. The lowest BCUT2D eigenvalue weighted by Gasteiger charge is -2.32. The van der Waals surface area contributed by atoms with Gasteiger partial charge in [-0.15, -0.1) is 0 Å². The number of nitrogens with two attached hydrogens (primary N) is 1. The van der Waals surface area contributed by atoms with E-state index in [0.717, 1.165) is 18.9 Å². The Hall–Kier alpha value is -1.55. The highest BCUT2D eigenvalue weighted by Gasteiger charge is 2.34. The molecule has 4 heteroatoms. The molecular formula is C16H18F3N. The molecule has 0 fully saturated rings. The van der Waals surface area contributed by atoms with Gasteiger partial charge < -0.3 is 5.73 Å². The topological polar surface area (TPSA) is 26.0 Å². The van der Waals surface area contributed by atoms with Crippen LogP contribution in [0.15, 0.2) is 48.6 Å². The standard InChI is InChI=1S/C16H18F3N/c17-16(18,19)14-7-4-6-13(12-14)15(10-5-11-20)8-2-1-3-9-15/h1-4,6-8,12H,5,9-11,20H2. The largest absolute Gasteiger partial charge is 0.416 e. The van der Waals surface area contributed by atoms with E-state index >= 15 is 0 Å². The summed E-state index contributed by atoms with van der Waals surface area (Å²) in [5.41, 5.74) is 5.31. The van der Waals surface area contributed by atoms with E-state index in [9.17, 15) is 13.2 Å². The second-order valence-corrected chi connectivity index (χ2v) is 5.12. The Balaban J connectivity index is 2.39. The van der Waals surface area contributed by atoms with E-state index in [-0.39, 0.29) is 5.41 Å². The van der Waals surface area contributed by atoms with E-state index in [1.807, 2.05) is 24.3 Å². The first-order valence-corrected chi connectivity index (χ1v) is 6.70. The second-order valence-electron chi connectivity index (χ2n) is 5.12. The molecule has 108 valence electrons. The maximum Gasteiger partial charge on any atom is 0.416 e. The number of hydrogen-bond donors (Lipinski definition) is 1. The van der Waals surface area contributed by atoms with Gasteiger partial charge in [0, 0.05) is 5.41 Å². The van der Waals surface area contributed by atoms with Crippen molar-refractivity contribution in [2.24, 2.45) is 5.73 Å². The van der Waals surface area contributed by atoms with Crippen LogP contribution in [-0.2, 0) is 11.6 Å². The molecule has 1 aliphatic carbocycles. The van der Waals surface area contributed by atoms with Crippen LogP contribution in [0.1, 0.15) is 30.4 Å². The van der Waals surface area contributed by atoms with Gasteiger partial charge in [0.25, 0.3) is 0 Å². The molecule has 1 atom stereocenters. The molecule has 1 unspecified atom stereocenters. The third-order valence-electron chi connectivity index (χ3n) is 3.74. The molecule has 0 bridgehead atoms. The maximum absolute atomic E-state index is 12.9. The molecule has 20 heavy (non-hydrogen) atoms. The Morgan fingerprint density at radius 1 is 1.20 bits per heavy atom. The lowest BCUT2D eigenvalue weighted by atomic mass is 9.72. The average molecular weight is 281 g/mol. The molecule has 1 aromatic carbocycles. The van der Waals surface area contributed by atoms with Crippen LogP contribution in [-0.4, -0.2) is 6.54 Å². The molecule has 0 aliphatic heterocycles. The molecular weight excluding hydrogens is 263 g/mol. The molecule has 0 saturated heterocycles. The molecule has 0 radical (unpaired) electrons. The summed E-state index contributed by atoms with van der Waals surface area (Å²) >= 11 is 0. The van der Waals surface area contributed by atoms with Gasteiger partial charge in [-0.05, 0) is 37.4 Å². The highest BCUT2D eigenvalue weighted by atomic mass is 19.4. The predicted molar refractivity (Wildman–Crippen MR) is 74.3 cm³/mol. The summed E-state index contributed by atoms with van der Waals surface area (Å²) in [7, 11) is 0. The molecule has 2 rings (SSSR count). The van der Waals surface area contributed by atoms with Crippen LogP contribution in [0.2, 0.25) is 0 Å². The SMILES string of the molecule is NCCCC1(c2cccc(C(F)(F)F)c2)C=CC=CC1. The molecule has 0 heterocycles. The Kier molecular flexibility index (Phi) is 4.33. The van der Waals surface area contributed by atoms with Crippen LogP contribution in [0.25, 0.3) is 0 Å². The van der Waals surface area contributed by atoms with E-state index in [0.29, 0.717) is 18.5 Å². The molecule has 0 spiro atoms. The van der Waals surface area contributed by atoms with Crippen LogP contribution in [0, 0.1) is 0 Å². The van der Waals surface area contributed by atoms with Crippen LogP contribution in [0.4, 0.5) is 13.2 Å². The van der Waals surface area contributed by atoms with E-state index in [1.165, 1.54) is 12.1 Å². The van der Waals surface area contributed by atoms with Gasteiger partial charge in [0.1, 0.15) is 0 Å². The van der Waals surface area contributed by atoms with Crippen molar-refractivity contribution in [1.29, 1.82) is 0 Å². The molecule has 0 amide bonds. The maximum atomic E-state index is 12.9. The van der Waals surface area contributed by atoms with Gasteiger partial charge >= 0.3 is 6.18 Å². The Bertz CT molecular complexity index is 517. The number of allylic oxidation sites excluding steroid dienone is 4. The number of halogens is 3. The number of hydrogen-bond acceptors (Lipinski definition) is 1. The molecule has 1 aliphatic rings. The van der Waals surface area contributed by atoms with Gasteiger partial charge in [-0.1, -0.05) is 42.5 Å². The van der Waals surface area contributed by atoms with Crippen molar-refractivity contribution >= 4 is 0 Å². The molecule has 2 N–H and O–H groups in total. The number of benzene rings is 1. The van der Waals surface area contributed by atoms with E-state index < -0.39 is 11.7 Å². The molecule has 1 aromatic rings. The quantitative estimate of drug-likeness (QED) is 0.879. The van der Waals surface area contributed by atoms with Crippen molar-refractivity contribution in [1.82, 2.24) is 0 Å². The Labute approximate surface area is 117 Å². The van der Waals surface area contributed by atoms with Gasteiger partial charge in [0.2, 0.25) is 0 Å². The fourth-order valence-corrected chi connectivity index (χ4v) is 2.63. The van der Waals surface area contributed by atoms with Gasteiger partial charge in [0.05, 0.1) is 5.56 Å². The number of alkyl halides is 3. The van der Waals surface area contributed by atoms with Crippen molar-refractivity contribution in [2.75, 3.05) is 6.54 Å². The lowest BCUT2D eigenvalue weighted by molar-refractivity contribution is -0.137. The summed E-state index contributed by atoms with van der Waals surface area (Å²) in [6.45, 7) is 0.540. The zero-order valence-electron chi connectivity index (χ0n) is 11.2. The first-order chi connectivity index (χ1) is 9.48. The minimum Gasteiger partial charge on any atom is -0.330 e. The summed E-state index contributed by atoms with van der Waals surface area (Å²) in [6, 6.07) is 5.63. The van der Waals surface area contributed by atoms with E-state index in [1.54, 1.807) is 6.07 Å². The van der Waals surface area contributed by atoms with Gasteiger partial charge in [-0.3, -0.25) is 0 Å². The first-order valence-electron chi connectivity index (χ1n) is 6.70. The van der Waals surface area contributed by atoms with Crippen LogP contribution in [0.5, 0.6) is 0 Å². The summed E-state index contributed by atoms with van der Waals surface area (Å²) < 4.78 is 38.6. The zero-order chi connectivity index (χ0) is 14.6. The minimum absolute atomic E-state index is 0.366. The molecule has 0 aromatic heterocycles. The predicted octanol–water partition coefficient (Wildman–Crippen LogP) is 4.20. The lowest BCUT2D eigenvalue weighted by Crippen LogP contribution is -2.26. The number of rotatable bonds is 4. The normalized spacial score (nSPS) is 22.2.